The standard InChI is InChI=1S/C8H11BrN2O3/c1-8(2,3)14-7(12)11-6-10-5(9)4-13-6/h4H,1-3H3,(H,10,11,12). The molecule has 1 rings (SSSR count). The van der Waals surface area contributed by atoms with Crippen LogP contribution in [0.15, 0.2) is 15.3 Å². The molecule has 0 radical (unpaired) electrons. The van der Waals surface area contributed by atoms with Crippen LogP contribution in [-0.2, 0) is 4.74 Å². The smallest absolute Gasteiger partial charge is 0.415 e. The quantitative estimate of drug-likeness (QED) is 0.846. The van der Waals surface area contributed by atoms with Crippen molar-refractivity contribution in [1.29, 1.82) is 0 Å². The van der Waals surface area contributed by atoms with Crippen molar-refractivity contribution in [2.45, 2.75) is 26.4 Å². The molecule has 0 aromatic carbocycles. The van der Waals surface area contributed by atoms with E-state index in [1.807, 2.05) is 0 Å². The van der Waals surface area contributed by atoms with Crippen LogP contribution in [0.4, 0.5) is 10.8 Å². The summed E-state index contributed by atoms with van der Waals surface area (Å²) >= 11 is 3.09. The van der Waals surface area contributed by atoms with E-state index in [1.54, 1.807) is 20.8 Å². The molecule has 0 saturated carbocycles. The number of aromatic nitrogens is 1. The van der Waals surface area contributed by atoms with E-state index >= 15 is 0 Å². The molecule has 0 aliphatic carbocycles. The molecule has 0 saturated heterocycles. The summed E-state index contributed by atoms with van der Waals surface area (Å²) in [5.74, 6) is 0. The molecule has 1 aromatic rings. The summed E-state index contributed by atoms with van der Waals surface area (Å²) in [5.41, 5.74) is -0.534. The molecule has 0 aliphatic heterocycles. The lowest BCUT2D eigenvalue weighted by molar-refractivity contribution is 0.0632. The molecule has 0 fully saturated rings. The molecule has 0 aliphatic rings. The molecule has 78 valence electrons. The summed E-state index contributed by atoms with van der Waals surface area (Å²) in [4.78, 5) is 15.0. The van der Waals surface area contributed by atoms with Crippen LogP contribution in [-0.4, -0.2) is 16.7 Å². The van der Waals surface area contributed by atoms with E-state index in [4.69, 9.17) is 9.15 Å². The topological polar surface area (TPSA) is 64.4 Å². The molecule has 1 amide bonds. The first-order chi connectivity index (χ1) is 6.37. The number of anilines is 1. The molecule has 0 bridgehead atoms. The average molecular weight is 263 g/mol. The lowest BCUT2D eigenvalue weighted by atomic mass is 10.2. The van der Waals surface area contributed by atoms with Gasteiger partial charge in [0.1, 0.15) is 16.5 Å². The minimum Gasteiger partial charge on any atom is -0.443 e. The minimum absolute atomic E-state index is 0.103. The summed E-state index contributed by atoms with van der Waals surface area (Å²) in [7, 11) is 0. The maximum Gasteiger partial charge on any atom is 0.415 e. The van der Waals surface area contributed by atoms with Crippen LogP contribution < -0.4 is 5.32 Å². The first-order valence-electron chi connectivity index (χ1n) is 3.98. The Morgan fingerprint density at radius 2 is 2.29 bits per heavy atom. The fourth-order valence-electron chi connectivity index (χ4n) is 0.702. The zero-order chi connectivity index (χ0) is 10.8. The predicted molar refractivity (Wildman–Crippen MR) is 54.1 cm³/mol. The first-order valence-corrected chi connectivity index (χ1v) is 4.77. The molecule has 1 heterocycles. The van der Waals surface area contributed by atoms with E-state index in [2.05, 4.69) is 26.2 Å². The average Bonchev–Trinajstić information content (AvgIpc) is 2.30. The summed E-state index contributed by atoms with van der Waals surface area (Å²) in [5, 5.41) is 2.35. The van der Waals surface area contributed by atoms with E-state index < -0.39 is 11.7 Å². The van der Waals surface area contributed by atoms with Crippen LogP contribution in [0.3, 0.4) is 0 Å². The number of carbonyl (C=O) groups excluding carboxylic acids is 1. The second-order valence-electron chi connectivity index (χ2n) is 3.60. The predicted octanol–water partition coefficient (Wildman–Crippen LogP) is 2.78. The number of rotatable bonds is 1. The van der Waals surface area contributed by atoms with Crippen molar-refractivity contribution in [2.75, 3.05) is 5.32 Å². The van der Waals surface area contributed by atoms with Crippen LogP contribution in [0.5, 0.6) is 0 Å². The second-order valence-corrected chi connectivity index (χ2v) is 4.41. The van der Waals surface area contributed by atoms with Crippen molar-refractivity contribution in [3.63, 3.8) is 0 Å². The van der Waals surface area contributed by atoms with Gasteiger partial charge in [0.15, 0.2) is 0 Å². The van der Waals surface area contributed by atoms with E-state index in [0.29, 0.717) is 4.60 Å². The maximum absolute atomic E-state index is 11.2. The first kappa shape index (κ1) is 11.0. The van der Waals surface area contributed by atoms with Gasteiger partial charge in [-0.2, -0.15) is 4.98 Å². The Hall–Kier alpha value is -1.04. The molecule has 0 unspecified atom stereocenters. The lowest BCUT2D eigenvalue weighted by Gasteiger charge is -2.18. The van der Waals surface area contributed by atoms with Gasteiger partial charge >= 0.3 is 12.1 Å². The Morgan fingerprint density at radius 3 is 2.71 bits per heavy atom. The third-order valence-corrected chi connectivity index (χ3v) is 1.45. The highest BCUT2D eigenvalue weighted by molar-refractivity contribution is 9.10. The summed E-state index contributed by atoms with van der Waals surface area (Å²) < 4.78 is 10.4. The van der Waals surface area contributed by atoms with Crippen molar-refractivity contribution >= 4 is 28.0 Å². The minimum atomic E-state index is -0.591. The SMILES string of the molecule is CC(C)(C)OC(=O)Nc1nc(Br)co1. The summed E-state index contributed by atoms with van der Waals surface area (Å²) in [6.07, 6.45) is 0.777. The van der Waals surface area contributed by atoms with Gasteiger partial charge in [-0.1, -0.05) is 0 Å². The molecule has 14 heavy (non-hydrogen) atoms. The monoisotopic (exact) mass is 262 g/mol. The number of hydrogen-bond acceptors (Lipinski definition) is 4. The highest BCUT2D eigenvalue weighted by Crippen LogP contribution is 2.14. The molecule has 6 heteroatoms. The highest BCUT2D eigenvalue weighted by Gasteiger charge is 2.17. The molecule has 5 nitrogen and oxygen atoms in total. The van der Waals surface area contributed by atoms with E-state index in [-0.39, 0.29) is 6.01 Å². The van der Waals surface area contributed by atoms with Crippen molar-refractivity contribution in [3.8, 4) is 0 Å². The number of hydrogen-bond donors (Lipinski definition) is 1. The highest BCUT2D eigenvalue weighted by atomic mass is 79.9. The van der Waals surface area contributed by atoms with Crippen LogP contribution in [0.1, 0.15) is 20.8 Å². The number of ether oxygens (including phenoxy) is 1. The molecule has 0 atom stereocenters. The zero-order valence-electron chi connectivity index (χ0n) is 8.13. The number of halogens is 1. The third kappa shape index (κ3) is 3.78. The number of oxazole rings is 1. The van der Waals surface area contributed by atoms with Crippen LogP contribution in [0.2, 0.25) is 0 Å². The Balaban J connectivity index is 2.50. The van der Waals surface area contributed by atoms with Crippen molar-refractivity contribution in [1.82, 2.24) is 4.98 Å². The van der Waals surface area contributed by atoms with Gasteiger partial charge in [0.25, 0.3) is 0 Å². The third-order valence-electron chi connectivity index (χ3n) is 1.08. The Kier molecular flexibility index (Phi) is 3.15. The van der Waals surface area contributed by atoms with Crippen molar-refractivity contribution in [2.24, 2.45) is 0 Å². The summed E-state index contributed by atoms with van der Waals surface area (Å²) in [6, 6.07) is 0.103. The van der Waals surface area contributed by atoms with Crippen molar-refractivity contribution < 1.29 is 13.9 Å². The van der Waals surface area contributed by atoms with Crippen LogP contribution in [0.25, 0.3) is 0 Å². The fraction of sp³-hybridized carbons (Fsp3) is 0.500. The van der Waals surface area contributed by atoms with E-state index in [1.165, 1.54) is 6.26 Å². The summed E-state index contributed by atoms with van der Waals surface area (Å²) in [6.45, 7) is 5.33. The van der Waals surface area contributed by atoms with Crippen LogP contribution in [0, 0.1) is 0 Å². The molecule has 1 aromatic heterocycles. The molecule has 1 N–H and O–H groups in total. The molecular formula is C8H11BrN2O3. The Bertz CT molecular complexity index is 330. The molecular weight excluding hydrogens is 252 g/mol. The van der Waals surface area contributed by atoms with E-state index in [9.17, 15) is 4.79 Å². The number of nitrogens with one attached hydrogen (secondary N) is 1. The van der Waals surface area contributed by atoms with Gasteiger partial charge in [-0.25, -0.2) is 10.1 Å². The van der Waals surface area contributed by atoms with Gasteiger partial charge in [-0.15, -0.1) is 0 Å². The normalized spacial score (nSPS) is 11.1. The zero-order valence-corrected chi connectivity index (χ0v) is 9.71. The van der Waals surface area contributed by atoms with E-state index in [0.717, 1.165) is 0 Å². The maximum atomic E-state index is 11.2. The van der Waals surface area contributed by atoms with Gasteiger partial charge in [-0.05, 0) is 36.7 Å². The van der Waals surface area contributed by atoms with Gasteiger partial charge < -0.3 is 9.15 Å². The van der Waals surface area contributed by atoms with Gasteiger partial charge in [0, 0.05) is 0 Å². The fourth-order valence-corrected chi connectivity index (χ4v) is 0.957. The van der Waals surface area contributed by atoms with Gasteiger partial charge in [0.05, 0.1) is 0 Å². The number of amides is 1. The van der Waals surface area contributed by atoms with Gasteiger partial charge in [0.2, 0.25) is 0 Å². The van der Waals surface area contributed by atoms with Crippen molar-refractivity contribution in [3.05, 3.63) is 10.9 Å². The Morgan fingerprint density at radius 1 is 1.64 bits per heavy atom. The van der Waals surface area contributed by atoms with Gasteiger partial charge in [-0.3, -0.25) is 0 Å². The Labute approximate surface area is 90.0 Å². The molecule has 0 spiro atoms. The lowest BCUT2D eigenvalue weighted by Crippen LogP contribution is -2.27. The number of nitrogens with zero attached hydrogens (tertiary/aromatic N) is 1. The second kappa shape index (κ2) is 4.00. The largest absolute Gasteiger partial charge is 0.443 e. The van der Waals surface area contributed by atoms with Crippen LogP contribution >= 0.6 is 15.9 Å². The number of carbonyl (C=O) groups is 1.